The number of hydrogen-bond donors (Lipinski definition) is 1. The fourth-order valence-electron chi connectivity index (χ4n) is 1.74. The molecule has 0 amide bonds. The van der Waals surface area contributed by atoms with E-state index in [1.165, 1.54) is 12.3 Å². The first-order chi connectivity index (χ1) is 8.81. The van der Waals surface area contributed by atoms with Gasteiger partial charge < -0.3 is 5.32 Å². The van der Waals surface area contributed by atoms with Crippen molar-refractivity contribution in [3.8, 4) is 0 Å². The molecular weight excluding hydrogens is 268 g/mol. The van der Waals surface area contributed by atoms with Crippen molar-refractivity contribution >= 4 is 15.5 Å². The molecule has 1 aromatic rings. The molecule has 6 nitrogen and oxygen atoms in total. The lowest BCUT2D eigenvalue weighted by molar-refractivity contribution is -0.385. The van der Waals surface area contributed by atoms with E-state index >= 15 is 0 Å². The third-order valence-corrected chi connectivity index (χ3v) is 3.83. The Morgan fingerprint density at radius 2 is 2.05 bits per heavy atom. The molecule has 0 heterocycles. The average molecular weight is 286 g/mol. The standard InChI is InChI=1S/C12H18N2O4S/c1-10-11(5-3-6-12(10)14(15)16)9-13-7-4-8-19(2,17)18/h3,5-6,13H,4,7-9H2,1-2H3. The van der Waals surface area contributed by atoms with Gasteiger partial charge in [0.2, 0.25) is 0 Å². The van der Waals surface area contributed by atoms with Gasteiger partial charge in [0.25, 0.3) is 5.69 Å². The zero-order chi connectivity index (χ0) is 14.5. The van der Waals surface area contributed by atoms with Crippen LogP contribution in [0.1, 0.15) is 17.5 Å². The molecule has 0 aliphatic carbocycles. The van der Waals surface area contributed by atoms with Crippen molar-refractivity contribution in [3.63, 3.8) is 0 Å². The highest BCUT2D eigenvalue weighted by atomic mass is 32.2. The monoisotopic (exact) mass is 286 g/mol. The Kier molecular flexibility index (Phi) is 5.44. The van der Waals surface area contributed by atoms with Crippen molar-refractivity contribution in [3.05, 3.63) is 39.4 Å². The number of benzene rings is 1. The minimum atomic E-state index is -2.92. The van der Waals surface area contributed by atoms with E-state index in [0.29, 0.717) is 25.1 Å². The maximum atomic E-state index is 10.9. The highest BCUT2D eigenvalue weighted by Crippen LogP contribution is 2.20. The molecule has 1 aromatic carbocycles. The van der Waals surface area contributed by atoms with Crippen molar-refractivity contribution in [2.24, 2.45) is 0 Å². The van der Waals surface area contributed by atoms with Crippen LogP contribution in [0.25, 0.3) is 0 Å². The van der Waals surface area contributed by atoms with Gasteiger partial charge >= 0.3 is 0 Å². The summed E-state index contributed by atoms with van der Waals surface area (Å²) in [5.74, 6) is 0.147. The predicted octanol–water partition coefficient (Wildman–Crippen LogP) is 1.43. The quantitative estimate of drug-likeness (QED) is 0.465. The van der Waals surface area contributed by atoms with E-state index in [2.05, 4.69) is 5.32 Å². The zero-order valence-corrected chi connectivity index (χ0v) is 11.9. The molecule has 0 aromatic heterocycles. The van der Waals surface area contributed by atoms with Crippen LogP contribution in [0.15, 0.2) is 18.2 Å². The molecule has 0 saturated heterocycles. The second-order valence-electron chi connectivity index (χ2n) is 4.48. The molecule has 0 fully saturated rings. The number of nitro benzene ring substituents is 1. The normalized spacial score (nSPS) is 11.5. The zero-order valence-electron chi connectivity index (χ0n) is 11.0. The second-order valence-corrected chi connectivity index (χ2v) is 6.74. The highest BCUT2D eigenvalue weighted by Gasteiger charge is 2.12. The summed E-state index contributed by atoms with van der Waals surface area (Å²) in [6, 6.07) is 4.95. The molecule has 1 N–H and O–H groups in total. The van der Waals surface area contributed by atoms with E-state index in [-0.39, 0.29) is 11.4 Å². The van der Waals surface area contributed by atoms with Crippen molar-refractivity contribution in [2.75, 3.05) is 18.6 Å². The first kappa shape index (κ1) is 15.6. The molecular formula is C12H18N2O4S. The third kappa shape index (κ3) is 5.35. The summed E-state index contributed by atoms with van der Waals surface area (Å²) in [4.78, 5) is 10.4. The Bertz CT molecular complexity index is 555. The first-order valence-corrected chi connectivity index (χ1v) is 7.98. The topological polar surface area (TPSA) is 89.3 Å². The largest absolute Gasteiger partial charge is 0.313 e. The summed E-state index contributed by atoms with van der Waals surface area (Å²) in [6.45, 7) is 2.78. The molecule has 0 bridgehead atoms. The van der Waals surface area contributed by atoms with Gasteiger partial charge in [0.15, 0.2) is 0 Å². The van der Waals surface area contributed by atoms with Crippen LogP contribution in [0.4, 0.5) is 5.69 Å². The highest BCUT2D eigenvalue weighted by molar-refractivity contribution is 7.90. The lowest BCUT2D eigenvalue weighted by atomic mass is 10.1. The molecule has 1 rings (SSSR count). The number of nitrogens with zero attached hydrogens (tertiary/aromatic N) is 1. The second kappa shape index (κ2) is 6.63. The van der Waals surface area contributed by atoms with Gasteiger partial charge in [0, 0.05) is 24.4 Å². The van der Waals surface area contributed by atoms with E-state index < -0.39 is 14.8 Å². The Hall–Kier alpha value is -1.47. The van der Waals surface area contributed by atoms with Crippen molar-refractivity contribution in [2.45, 2.75) is 19.9 Å². The summed E-state index contributed by atoms with van der Waals surface area (Å²) in [5, 5.41) is 13.9. The van der Waals surface area contributed by atoms with E-state index in [9.17, 15) is 18.5 Å². The third-order valence-electron chi connectivity index (χ3n) is 2.80. The summed E-state index contributed by atoms with van der Waals surface area (Å²) in [5.41, 5.74) is 1.60. The number of nitro groups is 1. The van der Waals surface area contributed by atoms with E-state index in [1.807, 2.05) is 6.07 Å². The van der Waals surface area contributed by atoms with Gasteiger partial charge in [0.1, 0.15) is 9.84 Å². The van der Waals surface area contributed by atoms with Gasteiger partial charge in [-0.05, 0) is 25.5 Å². The molecule has 0 aliphatic heterocycles. The van der Waals surface area contributed by atoms with E-state index in [4.69, 9.17) is 0 Å². The van der Waals surface area contributed by atoms with Crippen LogP contribution in [0.3, 0.4) is 0 Å². The fraction of sp³-hybridized carbons (Fsp3) is 0.500. The van der Waals surface area contributed by atoms with Crippen molar-refractivity contribution < 1.29 is 13.3 Å². The van der Waals surface area contributed by atoms with Gasteiger partial charge in [-0.25, -0.2) is 8.42 Å². The average Bonchev–Trinajstić information content (AvgIpc) is 2.28. The van der Waals surface area contributed by atoms with Crippen LogP contribution in [0.2, 0.25) is 0 Å². The smallest absolute Gasteiger partial charge is 0.272 e. The first-order valence-electron chi connectivity index (χ1n) is 5.92. The minimum absolute atomic E-state index is 0.107. The van der Waals surface area contributed by atoms with Crippen molar-refractivity contribution in [1.82, 2.24) is 5.32 Å². The van der Waals surface area contributed by atoms with Crippen LogP contribution in [0.5, 0.6) is 0 Å². The Morgan fingerprint density at radius 3 is 2.63 bits per heavy atom. The number of hydrogen-bond acceptors (Lipinski definition) is 5. The van der Waals surface area contributed by atoms with Gasteiger partial charge in [-0.15, -0.1) is 0 Å². The van der Waals surface area contributed by atoms with E-state index in [1.54, 1.807) is 13.0 Å². The predicted molar refractivity (Wildman–Crippen MR) is 73.9 cm³/mol. The van der Waals surface area contributed by atoms with Gasteiger partial charge in [-0.3, -0.25) is 10.1 Å². The molecule has 0 unspecified atom stereocenters. The van der Waals surface area contributed by atoms with Crippen LogP contribution >= 0.6 is 0 Å². The van der Waals surface area contributed by atoms with Crippen LogP contribution < -0.4 is 5.32 Å². The molecule has 0 atom stereocenters. The number of sulfone groups is 1. The summed E-state index contributed by atoms with van der Waals surface area (Å²) >= 11 is 0. The molecule has 106 valence electrons. The summed E-state index contributed by atoms with van der Waals surface area (Å²) < 4.78 is 21.9. The maximum absolute atomic E-state index is 10.9. The number of rotatable bonds is 7. The molecule has 0 saturated carbocycles. The molecule has 0 aliphatic rings. The maximum Gasteiger partial charge on any atom is 0.272 e. The van der Waals surface area contributed by atoms with Crippen LogP contribution in [-0.4, -0.2) is 31.9 Å². The van der Waals surface area contributed by atoms with Gasteiger partial charge in [-0.1, -0.05) is 12.1 Å². The number of nitrogens with one attached hydrogen (secondary N) is 1. The molecule has 0 radical (unpaired) electrons. The molecule has 0 spiro atoms. The Balaban J connectivity index is 2.50. The Labute approximate surface area is 112 Å². The summed E-state index contributed by atoms with van der Waals surface area (Å²) in [6.07, 6.45) is 1.74. The lowest BCUT2D eigenvalue weighted by Crippen LogP contribution is -2.18. The minimum Gasteiger partial charge on any atom is -0.313 e. The van der Waals surface area contributed by atoms with Gasteiger partial charge in [0.05, 0.1) is 10.7 Å². The van der Waals surface area contributed by atoms with Gasteiger partial charge in [-0.2, -0.15) is 0 Å². The van der Waals surface area contributed by atoms with Crippen molar-refractivity contribution in [1.29, 1.82) is 0 Å². The molecule has 19 heavy (non-hydrogen) atoms. The lowest BCUT2D eigenvalue weighted by Gasteiger charge is -2.07. The van der Waals surface area contributed by atoms with Crippen LogP contribution in [0, 0.1) is 17.0 Å². The molecule has 7 heteroatoms. The van der Waals surface area contributed by atoms with Crippen LogP contribution in [-0.2, 0) is 16.4 Å². The Morgan fingerprint density at radius 1 is 1.37 bits per heavy atom. The SMILES string of the molecule is Cc1c(CNCCCS(C)(=O)=O)cccc1[N+](=O)[O-]. The summed E-state index contributed by atoms with van der Waals surface area (Å²) in [7, 11) is -2.92. The fourth-order valence-corrected chi connectivity index (χ4v) is 2.41. The van der Waals surface area contributed by atoms with E-state index in [0.717, 1.165) is 5.56 Å².